The molecule has 62 valence electrons. The van der Waals surface area contributed by atoms with Crippen LogP contribution in [0.3, 0.4) is 0 Å². The van der Waals surface area contributed by atoms with Gasteiger partial charge in [0.15, 0.2) is 0 Å². The smallest absolute Gasteiger partial charge is 0.134 e. The molecule has 2 nitrogen and oxygen atoms in total. The molecule has 0 saturated carbocycles. The molecule has 0 aliphatic rings. The quantitative estimate of drug-likeness (QED) is 0.786. The van der Waals surface area contributed by atoms with Gasteiger partial charge in [-0.2, -0.15) is 0 Å². The molecule has 0 radical (unpaired) electrons. The third-order valence-electron chi connectivity index (χ3n) is 1.29. The third kappa shape index (κ3) is 2.36. The summed E-state index contributed by atoms with van der Waals surface area (Å²) in [6.07, 6.45) is 0. The van der Waals surface area contributed by atoms with E-state index in [2.05, 4.69) is 15.9 Å². The van der Waals surface area contributed by atoms with Crippen LogP contribution in [0.25, 0.3) is 0 Å². The van der Waals surface area contributed by atoms with E-state index in [1.807, 2.05) is 6.07 Å². The maximum absolute atomic E-state index is 9.27. The lowest BCUT2D eigenvalue weighted by Gasteiger charge is -2.01. The molecule has 0 aromatic heterocycles. The topological polar surface area (TPSA) is 46.2 Å². The Labute approximate surface area is 80.0 Å². The highest BCUT2D eigenvalue weighted by Crippen LogP contribution is 2.26. The molecule has 0 saturated heterocycles. The molecule has 0 bridgehead atoms. The molecule has 0 aliphatic carbocycles. The van der Waals surface area contributed by atoms with Crippen molar-refractivity contribution < 1.29 is 5.11 Å². The van der Waals surface area contributed by atoms with Gasteiger partial charge >= 0.3 is 0 Å². The zero-order valence-corrected chi connectivity index (χ0v) is 8.15. The first-order valence-corrected chi connectivity index (χ1v) is 3.71. The van der Waals surface area contributed by atoms with E-state index in [1.54, 1.807) is 12.1 Å². The zero-order valence-electron chi connectivity index (χ0n) is 5.75. The van der Waals surface area contributed by atoms with Gasteiger partial charge in [0.2, 0.25) is 0 Å². The largest absolute Gasteiger partial charge is 0.506 e. The second-order valence-corrected chi connectivity index (χ2v) is 2.81. The molecule has 0 heterocycles. The molecular weight excluding hydrogens is 229 g/mol. The average Bonchev–Trinajstić information content (AvgIpc) is 1.95. The van der Waals surface area contributed by atoms with Gasteiger partial charge in [0.1, 0.15) is 5.75 Å². The summed E-state index contributed by atoms with van der Waals surface area (Å²) >= 11 is 3.18. The van der Waals surface area contributed by atoms with E-state index in [1.165, 1.54) is 0 Å². The fraction of sp³-hybridized carbons (Fsp3) is 0.143. The molecule has 1 aromatic rings. The maximum atomic E-state index is 9.27. The van der Waals surface area contributed by atoms with Crippen LogP contribution >= 0.6 is 28.3 Å². The van der Waals surface area contributed by atoms with Crippen molar-refractivity contribution in [2.24, 2.45) is 5.73 Å². The number of halogens is 2. The first-order valence-electron chi connectivity index (χ1n) is 2.92. The Morgan fingerprint density at radius 1 is 1.45 bits per heavy atom. The average molecular weight is 239 g/mol. The molecule has 0 spiro atoms. The van der Waals surface area contributed by atoms with Gasteiger partial charge in [-0.25, -0.2) is 0 Å². The van der Waals surface area contributed by atoms with Gasteiger partial charge in [-0.3, -0.25) is 0 Å². The predicted octanol–water partition coefficient (Wildman–Crippen LogP) is 2.04. The van der Waals surface area contributed by atoms with Crippen molar-refractivity contribution >= 4 is 28.3 Å². The van der Waals surface area contributed by atoms with Gasteiger partial charge in [0.05, 0.1) is 4.47 Å². The SMILES string of the molecule is Cl.NCc1cccc(Br)c1O. The number of benzene rings is 1. The van der Waals surface area contributed by atoms with Crippen LogP contribution in [0.15, 0.2) is 22.7 Å². The van der Waals surface area contributed by atoms with Crippen LogP contribution in [0.1, 0.15) is 5.56 Å². The van der Waals surface area contributed by atoms with E-state index >= 15 is 0 Å². The van der Waals surface area contributed by atoms with E-state index in [0.29, 0.717) is 11.0 Å². The summed E-state index contributed by atoms with van der Waals surface area (Å²) in [4.78, 5) is 0. The standard InChI is InChI=1S/C7H8BrNO.ClH/c8-6-3-1-2-5(4-9)7(6)10;/h1-3,10H,4,9H2;1H. The Morgan fingerprint density at radius 2 is 2.09 bits per heavy atom. The maximum Gasteiger partial charge on any atom is 0.134 e. The molecule has 0 unspecified atom stereocenters. The first-order chi connectivity index (χ1) is 4.75. The molecular formula is C7H9BrClNO. The lowest BCUT2D eigenvalue weighted by Crippen LogP contribution is -1.96. The summed E-state index contributed by atoms with van der Waals surface area (Å²) in [5, 5.41) is 9.27. The molecule has 0 aliphatic heterocycles. The van der Waals surface area contributed by atoms with Crippen LogP contribution in [0, 0.1) is 0 Å². The number of hydrogen-bond donors (Lipinski definition) is 2. The summed E-state index contributed by atoms with van der Waals surface area (Å²) in [7, 11) is 0. The minimum atomic E-state index is 0. The summed E-state index contributed by atoms with van der Waals surface area (Å²) in [5.41, 5.74) is 6.10. The van der Waals surface area contributed by atoms with E-state index in [0.717, 1.165) is 5.56 Å². The van der Waals surface area contributed by atoms with Crippen molar-refractivity contribution in [1.29, 1.82) is 0 Å². The van der Waals surface area contributed by atoms with Gasteiger partial charge in [-0.05, 0) is 22.0 Å². The predicted molar refractivity (Wildman–Crippen MR) is 50.9 cm³/mol. The fourth-order valence-electron chi connectivity index (χ4n) is 0.725. The molecule has 4 heteroatoms. The lowest BCUT2D eigenvalue weighted by atomic mass is 10.2. The number of phenolic OH excluding ortho intramolecular Hbond substituents is 1. The number of nitrogens with two attached hydrogens (primary N) is 1. The number of aromatic hydroxyl groups is 1. The Morgan fingerprint density at radius 3 is 2.55 bits per heavy atom. The van der Waals surface area contributed by atoms with Crippen molar-refractivity contribution in [2.45, 2.75) is 6.54 Å². The van der Waals surface area contributed by atoms with Gasteiger partial charge in [-0.15, -0.1) is 12.4 Å². The van der Waals surface area contributed by atoms with Crippen molar-refractivity contribution in [3.63, 3.8) is 0 Å². The third-order valence-corrected chi connectivity index (χ3v) is 1.93. The summed E-state index contributed by atoms with van der Waals surface area (Å²) in [6.45, 7) is 0.366. The second-order valence-electron chi connectivity index (χ2n) is 1.95. The van der Waals surface area contributed by atoms with E-state index < -0.39 is 0 Å². The van der Waals surface area contributed by atoms with E-state index in [9.17, 15) is 5.11 Å². The van der Waals surface area contributed by atoms with Crippen LogP contribution in [-0.4, -0.2) is 5.11 Å². The van der Waals surface area contributed by atoms with Crippen molar-refractivity contribution in [3.8, 4) is 5.75 Å². The van der Waals surface area contributed by atoms with Gasteiger partial charge in [-0.1, -0.05) is 12.1 Å². The summed E-state index contributed by atoms with van der Waals surface area (Å²) < 4.78 is 0.690. The van der Waals surface area contributed by atoms with Gasteiger partial charge in [0.25, 0.3) is 0 Å². The molecule has 0 amide bonds. The van der Waals surface area contributed by atoms with Crippen LogP contribution in [0.4, 0.5) is 0 Å². The lowest BCUT2D eigenvalue weighted by molar-refractivity contribution is 0.465. The van der Waals surface area contributed by atoms with Crippen LogP contribution in [0.2, 0.25) is 0 Å². The highest BCUT2D eigenvalue weighted by molar-refractivity contribution is 9.10. The normalized spacial score (nSPS) is 8.91. The Bertz CT molecular complexity index is 242. The van der Waals surface area contributed by atoms with E-state index in [4.69, 9.17) is 5.73 Å². The summed E-state index contributed by atoms with van der Waals surface area (Å²) in [5.74, 6) is 0.241. The minimum absolute atomic E-state index is 0. The van der Waals surface area contributed by atoms with Crippen LogP contribution in [0.5, 0.6) is 5.75 Å². The monoisotopic (exact) mass is 237 g/mol. The molecule has 1 rings (SSSR count). The van der Waals surface area contributed by atoms with Crippen molar-refractivity contribution in [3.05, 3.63) is 28.2 Å². The Kier molecular flexibility index (Phi) is 4.49. The number of hydrogen-bond acceptors (Lipinski definition) is 2. The highest BCUT2D eigenvalue weighted by atomic mass is 79.9. The molecule has 11 heavy (non-hydrogen) atoms. The number of para-hydroxylation sites is 1. The second kappa shape index (κ2) is 4.59. The zero-order chi connectivity index (χ0) is 7.56. The number of phenols is 1. The van der Waals surface area contributed by atoms with E-state index in [-0.39, 0.29) is 18.2 Å². The first kappa shape index (κ1) is 10.8. The molecule has 0 atom stereocenters. The van der Waals surface area contributed by atoms with Crippen molar-refractivity contribution in [2.75, 3.05) is 0 Å². The minimum Gasteiger partial charge on any atom is -0.506 e. The molecule has 0 fully saturated rings. The molecule has 1 aromatic carbocycles. The Hall–Kier alpha value is -0.250. The Balaban J connectivity index is 0.000001000. The van der Waals surface area contributed by atoms with Crippen LogP contribution < -0.4 is 5.73 Å². The van der Waals surface area contributed by atoms with Crippen molar-refractivity contribution in [1.82, 2.24) is 0 Å². The summed E-state index contributed by atoms with van der Waals surface area (Å²) in [6, 6.07) is 5.40. The van der Waals surface area contributed by atoms with Crippen LogP contribution in [-0.2, 0) is 6.54 Å². The highest BCUT2D eigenvalue weighted by Gasteiger charge is 2.00. The fourth-order valence-corrected chi connectivity index (χ4v) is 1.13. The van der Waals surface area contributed by atoms with Gasteiger partial charge < -0.3 is 10.8 Å². The van der Waals surface area contributed by atoms with Gasteiger partial charge in [0, 0.05) is 12.1 Å². The molecule has 3 N–H and O–H groups in total. The number of rotatable bonds is 1.